The van der Waals surface area contributed by atoms with E-state index in [4.69, 9.17) is 9.47 Å². The van der Waals surface area contributed by atoms with Gasteiger partial charge in [0, 0.05) is 6.04 Å². The van der Waals surface area contributed by atoms with E-state index in [0.717, 1.165) is 22.6 Å². The van der Waals surface area contributed by atoms with Crippen LogP contribution in [0.3, 0.4) is 0 Å². The van der Waals surface area contributed by atoms with Gasteiger partial charge in [-0.3, -0.25) is 9.59 Å². The summed E-state index contributed by atoms with van der Waals surface area (Å²) >= 11 is 0. The Morgan fingerprint density at radius 2 is 1.27 bits per heavy atom. The van der Waals surface area contributed by atoms with Gasteiger partial charge in [0.25, 0.3) is 0 Å². The molecule has 2 rings (SSSR count). The number of nitrogens with one attached hydrogen (secondary N) is 1. The van der Waals surface area contributed by atoms with Crippen LogP contribution in [0.2, 0.25) is 0 Å². The van der Waals surface area contributed by atoms with E-state index >= 15 is 0 Å². The molecule has 0 saturated heterocycles. The molecule has 0 aliphatic rings. The minimum atomic E-state index is -0.246. The van der Waals surface area contributed by atoms with Gasteiger partial charge in [-0.15, -0.1) is 0 Å². The average molecular weight is 355 g/mol. The van der Waals surface area contributed by atoms with E-state index in [1.165, 1.54) is 6.92 Å². The van der Waals surface area contributed by atoms with Crippen molar-refractivity contribution in [3.05, 3.63) is 59.7 Å². The van der Waals surface area contributed by atoms with Crippen molar-refractivity contribution in [2.45, 2.75) is 32.2 Å². The van der Waals surface area contributed by atoms with Crippen molar-refractivity contribution < 1.29 is 19.1 Å². The summed E-state index contributed by atoms with van der Waals surface area (Å²) in [5, 5.41) is 2.98. The molecule has 1 amide bonds. The molecule has 0 heterocycles. The quantitative estimate of drug-likeness (QED) is 0.703. The van der Waals surface area contributed by atoms with E-state index < -0.39 is 0 Å². The molecule has 0 radical (unpaired) electrons. The third kappa shape index (κ3) is 6.24. The van der Waals surface area contributed by atoms with E-state index in [0.29, 0.717) is 12.8 Å². The fraction of sp³-hybridized carbons (Fsp3) is 0.333. The summed E-state index contributed by atoms with van der Waals surface area (Å²) in [6.07, 6.45) is 1.24. The molecule has 2 aromatic carbocycles. The van der Waals surface area contributed by atoms with Gasteiger partial charge in [0.15, 0.2) is 0 Å². The molecular formula is C21H25NO4. The Morgan fingerprint density at radius 3 is 1.62 bits per heavy atom. The molecule has 0 aliphatic heterocycles. The Balaban J connectivity index is 2.10. The molecule has 0 aliphatic carbocycles. The monoisotopic (exact) mass is 355 g/mol. The first kappa shape index (κ1) is 19.5. The third-order valence-corrected chi connectivity index (χ3v) is 4.06. The van der Waals surface area contributed by atoms with Crippen LogP contribution in [0.25, 0.3) is 0 Å². The number of benzene rings is 2. The molecule has 0 bridgehead atoms. The van der Waals surface area contributed by atoms with Crippen molar-refractivity contribution in [3.8, 4) is 11.5 Å². The van der Waals surface area contributed by atoms with Crippen molar-refractivity contribution in [3.63, 3.8) is 0 Å². The van der Waals surface area contributed by atoms with Crippen LogP contribution in [-0.2, 0) is 22.4 Å². The molecule has 0 unspecified atom stereocenters. The maximum Gasteiger partial charge on any atom is 0.227 e. The maximum absolute atomic E-state index is 12.1. The predicted molar refractivity (Wildman–Crippen MR) is 101 cm³/mol. The first-order valence-electron chi connectivity index (χ1n) is 8.55. The lowest BCUT2D eigenvalue weighted by molar-refractivity contribution is -0.127. The van der Waals surface area contributed by atoms with Gasteiger partial charge in [0.2, 0.25) is 5.91 Å². The van der Waals surface area contributed by atoms with Crippen molar-refractivity contribution in [2.24, 2.45) is 0 Å². The molecule has 0 atom stereocenters. The van der Waals surface area contributed by atoms with Crippen LogP contribution in [0.1, 0.15) is 24.5 Å². The van der Waals surface area contributed by atoms with Crippen LogP contribution >= 0.6 is 0 Å². The zero-order valence-corrected chi connectivity index (χ0v) is 15.5. The Morgan fingerprint density at radius 1 is 0.846 bits per heavy atom. The van der Waals surface area contributed by atoms with Gasteiger partial charge in [-0.2, -0.15) is 0 Å². The number of ether oxygens (including phenoxy) is 2. The van der Waals surface area contributed by atoms with Crippen LogP contribution in [0.5, 0.6) is 11.5 Å². The SMILES string of the molecule is COc1ccc(CC(Cc2ccc(OC)cc2)NC(=O)CC(C)=O)cc1. The summed E-state index contributed by atoms with van der Waals surface area (Å²) in [5.74, 6) is 1.20. The molecule has 0 aromatic heterocycles. The third-order valence-electron chi connectivity index (χ3n) is 4.06. The lowest BCUT2D eigenvalue weighted by Gasteiger charge is -2.19. The Bertz CT molecular complexity index is 673. The molecule has 138 valence electrons. The van der Waals surface area contributed by atoms with Gasteiger partial charge >= 0.3 is 0 Å². The van der Waals surface area contributed by atoms with Gasteiger partial charge in [-0.05, 0) is 55.2 Å². The molecule has 1 N–H and O–H groups in total. The first-order valence-corrected chi connectivity index (χ1v) is 8.55. The van der Waals surface area contributed by atoms with E-state index in [-0.39, 0.29) is 24.2 Å². The highest BCUT2D eigenvalue weighted by Gasteiger charge is 2.15. The Labute approximate surface area is 154 Å². The Hall–Kier alpha value is -2.82. The molecule has 26 heavy (non-hydrogen) atoms. The van der Waals surface area contributed by atoms with E-state index in [1.54, 1.807) is 14.2 Å². The predicted octanol–water partition coefficient (Wildman–Crippen LogP) is 2.95. The summed E-state index contributed by atoms with van der Waals surface area (Å²) in [4.78, 5) is 23.3. The number of hydrogen-bond donors (Lipinski definition) is 1. The van der Waals surface area contributed by atoms with Crippen molar-refractivity contribution in [1.29, 1.82) is 0 Å². The lowest BCUT2D eigenvalue weighted by Crippen LogP contribution is -2.38. The maximum atomic E-state index is 12.1. The number of carbonyl (C=O) groups is 2. The zero-order valence-electron chi connectivity index (χ0n) is 15.5. The van der Waals surface area contributed by atoms with E-state index in [1.807, 2.05) is 48.5 Å². The fourth-order valence-corrected chi connectivity index (χ4v) is 2.77. The standard InChI is InChI=1S/C21H25NO4/c1-15(23)12-21(24)22-18(13-16-4-8-19(25-2)9-5-16)14-17-6-10-20(26-3)11-7-17/h4-11,18H,12-14H2,1-3H3,(H,22,24). The van der Waals surface area contributed by atoms with Crippen LogP contribution in [0, 0.1) is 0 Å². The number of methoxy groups -OCH3 is 2. The van der Waals surface area contributed by atoms with Gasteiger partial charge < -0.3 is 14.8 Å². The van der Waals surface area contributed by atoms with Gasteiger partial charge in [-0.25, -0.2) is 0 Å². The van der Waals surface area contributed by atoms with Crippen LogP contribution in [-0.4, -0.2) is 32.0 Å². The topological polar surface area (TPSA) is 64.6 Å². The summed E-state index contributed by atoms with van der Waals surface area (Å²) < 4.78 is 10.4. The Kier molecular flexibility index (Phi) is 7.21. The van der Waals surface area contributed by atoms with Crippen molar-refractivity contribution in [2.75, 3.05) is 14.2 Å². The number of ketones is 1. The minimum Gasteiger partial charge on any atom is -0.497 e. The largest absolute Gasteiger partial charge is 0.497 e. The van der Waals surface area contributed by atoms with E-state index in [9.17, 15) is 9.59 Å². The number of carbonyl (C=O) groups excluding carboxylic acids is 2. The average Bonchev–Trinajstić information content (AvgIpc) is 2.62. The van der Waals surface area contributed by atoms with Crippen molar-refractivity contribution >= 4 is 11.7 Å². The molecule has 5 nitrogen and oxygen atoms in total. The van der Waals surface area contributed by atoms with E-state index in [2.05, 4.69) is 5.32 Å². The van der Waals surface area contributed by atoms with Crippen LogP contribution < -0.4 is 14.8 Å². The zero-order chi connectivity index (χ0) is 18.9. The normalized spacial score (nSPS) is 10.5. The smallest absolute Gasteiger partial charge is 0.227 e. The second-order valence-electron chi connectivity index (χ2n) is 6.25. The number of hydrogen-bond acceptors (Lipinski definition) is 4. The summed E-state index contributed by atoms with van der Waals surface area (Å²) in [6.45, 7) is 1.42. The van der Waals surface area contributed by atoms with Crippen molar-refractivity contribution in [1.82, 2.24) is 5.32 Å². The highest BCUT2D eigenvalue weighted by molar-refractivity contribution is 5.96. The fourth-order valence-electron chi connectivity index (χ4n) is 2.77. The summed E-state index contributed by atoms with van der Waals surface area (Å²) in [5.41, 5.74) is 2.18. The second-order valence-corrected chi connectivity index (χ2v) is 6.25. The first-order chi connectivity index (χ1) is 12.5. The molecule has 0 saturated carbocycles. The van der Waals surface area contributed by atoms with Crippen LogP contribution in [0.15, 0.2) is 48.5 Å². The highest BCUT2D eigenvalue weighted by atomic mass is 16.5. The molecule has 0 spiro atoms. The number of rotatable bonds is 9. The molecule has 2 aromatic rings. The van der Waals surface area contributed by atoms with Gasteiger partial charge in [-0.1, -0.05) is 24.3 Å². The molecule has 5 heteroatoms. The lowest BCUT2D eigenvalue weighted by atomic mass is 9.98. The highest BCUT2D eigenvalue weighted by Crippen LogP contribution is 2.16. The molecular weight excluding hydrogens is 330 g/mol. The summed E-state index contributed by atoms with van der Waals surface area (Å²) in [6, 6.07) is 15.4. The molecule has 0 fully saturated rings. The van der Waals surface area contributed by atoms with Gasteiger partial charge in [0.1, 0.15) is 17.3 Å². The number of amides is 1. The van der Waals surface area contributed by atoms with Crippen LogP contribution in [0.4, 0.5) is 0 Å². The summed E-state index contributed by atoms with van der Waals surface area (Å²) in [7, 11) is 3.26. The second kappa shape index (κ2) is 9.61. The minimum absolute atomic E-state index is 0.0955. The van der Waals surface area contributed by atoms with Gasteiger partial charge in [0.05, 0.1) is 20.6 Å². The number of Topliss-reactive ketones (excluding diaryl/α,β-unsaturated/α-hetero) is 1.